The third-order valence-electron chi connectivity index (χ3n) is 3.13. The van der Waals surface area contributed by atoms with E-state index < -0.39 is 0 Å². The van der Waals surface area contributed by atoms with Crippen LogP contribution in [-0.2, 0) is 0 Å². The molecule has 92 valence electrons. The number of benzene rings is 1. The van der Waals surface area contributed by atoms with Crippen molar-refractivity contribution in [1.82, 2.24) is 5.32 Å². The summed E-state index contributed by atoms with van der Waals surface area (Å²) in [5.74, 6) is 0.692. The van der Waals surface area contributed by atoms with Gasteiger partial charge in [-0.3, -0.25) is 0 Å². The van der Waals surface area contributed by atoms with E-state index in [0.29, 0.717) is 0 Å². The zero-order valence-electron chi connectivity index (χ0n) is 10.7. The highest BCUT2D eigenvalue weighted by Crippen LogP contribution is 2.31. The molecule has 1 aromatic heterocycles. The van der Waals surface area contributed by atoms with Crippen molar-refractivity contribution in [1.29, 1.82) is 0 Å². The van der Waals surface area contributed by atoms with Crippen molar-refractivity contribution in [2.45, 2.75) is 33.7 Å². The molecule has 0 aliphatic carbocycles. The van der Waals surface area contributed by atoms with Gasteiger partial charge in [-0.15, -0.1) is 0 Å². The molecule has 1 heterocycles. The van der Waals surface area contributed by atoms with Crippen molar-refractivity contribution in [3.63, 3.8) is 0 Å². The Hall–Kier alpha value is -1.35. The average molecular weight is 235 g/mol. The van der Waals surface area contributed by atoms with E-state index in [9.17, 15) is 4.39 Å². The highest BCUT2D eigenvalue weighted by atomic mass is 19.1. The lowest BCUT2D eigenvalue weighted by Crippen LogP contribution is -2.17. The van der Waals surface area contributed by atoms with Gasteiger partial charge in [0.2, 0.25) is 0 Å². The van der Waals surface area contributed by atoms with Crippen molar-refractivity contribution in [2.75, 3.05) is 6.54 Å². The van der Waals surface area contributed by atoms with Gasteiger partial charge in [0.15, 0.2) is 0 Å². The largest absolute Gasteiger partial charge is 0.459 e. The number of aryl methyl sites for hydroxylation is 2. The highest BCUT2D eigenvalue weighted by Gasteiger charge is 2.17. The summed E-state index contributed by atoms with van der Waals surface area (Å²) in [5, 5.41) is 4.19. The molecule has 0 bridgehead atoms. The fourth-order valence-corrected chi connectivity index (χ4v) is 2.28. The fraction of sp³-hybridized carbons (Fsp3) is 0.429. The molecule has 0 radical (unpaired) electrons. The lowest BCUT2D eigenvalue weighted by molar-refractivity contribution is 0.455. The van der Waals surface area contributed by atoms with E-state index in [1.807, 2.05) is 13.8 Å². The fourth-order valence-electron chi connectivity index (χ4n) is 2.28. The van der Waals surface area contributed by atoms with Crippen LogP contribution in [0, 0.1) is 19.7 Å². The van der Waals surface area contributed by atoms with Gasteiger partial charge < -0.3 is 9.73 Å². The summed E-state index contributed by atoms with van der Waals surface area (Å²) in [7, 11) is 0. The van der Waals surface area contributed by atoms with Gasteiger partial charge in [0, 0.05) is 10.9 Å². The Morgan fingerprint density at radius 2 is 2.06 bits per heavy atom. The molecular weight excluding hydrogens is 217 g/mol. The summed E-state index contributed by atoms with van der Waals surface area (Å²) in [5.41, 5.74) is 2.66. The van der Waals surface area contributed by atoms with E-state index in [2.05, 4.69) is 19.2 Å². The molecule has 17 heavy (non-hydrogen) atoms. The summed E-state index contributed by atoms with van der Waals surface area (Å²) >= 11 is 0. The molecule has 0 aliphatic rings. The molecule has 1 N–H and O–H groups in total. The maximum atomic E-state index is 13.4. The Kier molecular flexibility index (Phi) is 3.20. The predicted molar refractivity (Wildman–Crippen MR) is 67.7 cm³/mol. The molecule has 2 rings (SSSR count). The molecule has 0 amide bonds. The van der Waals surface area contributed by atoms with Crippen molar-refractivity contribution in [3.05, 3.63) is 34.8 Å². The van der Waals surface area contributed by atoms with Gasteiger partial charge in [-0.2, -0.15) is 0 Å². The smallest absolute Gasteiger partial charge is 0.137 e. The molecule has 1 unspecified atom stereocenters. The first-order chi connectivity index (χ1) is 8.04. The summed E-state index contributed by atoms with van der Waals surface area (Å²) in [6.45, 7) is 8.84. The topological polar surface area (TPSA) is 25.2 Å². The molecule has 0 saturated carbocycles. The zero-order chi connectivity index (χ0) is 12.6. The average Bonchev–Trinajstić information content (AvgIpc) is 2.57. The molecule has 1 aromatic carbocycles. The highest BCUT2D eigenvalue weighted by molar-refractivity contribution is 5.84. The molecule has 2 aromatic rings. The number of fused-ring (bicyclic) bond motifs is 1. The number of hydrogen-bond donors (Lipinski definition) is 1. The molecular formula is C14H18FNO. The second-order valence-electron chi connectivity index (χ2n) is 4.47. The van der Waals surface area contributed by atoms with E-state index in [1.165, 1.54) is 6.07 Å². The first kappa shape index (κ1) is 12.1. The van der Waals surface area contributed by atoms with Crippen LogP contribution in [0.3, 0.4) is 0 Å². The number of hydrogen-bond acceptors (Lipinski definition) is 2. The van der Waals surface area contributed by atoms with Gasteiger partial charge in [0.05, 0.1) is 6.04 Å². The summed E-state index contributed by atoms with van der Waals surface area (Å²) < 4.78 is 19.2. The molecule has 1 atom stereocenters. The van der Waals surface area contributed by atoms with E-state index in [4.69, 9.17) is 4.42 Å². The Morgan fingerprint density at radius 1 is 1.35 bits per heavy atom. The van der Waals surface area contributed by atoms with Gasteiger partial charge in [0.25, 0.3) is 0 Å². The first-order valence-electron chi connectivity index (χ1n) is 5.97. The second kappa shape index (κ2) is 4.49. The minimum absolute atomic E-state index is 0.148. The Bertz CT molecular complexity index is 545. The molecule has 0 spiro atoms. The number of rotatable bonds is 3. The third kappa shape index (κ3) is 2.07. The van der Waals surface area contributed by atoms with Crippen LogP contribution in [0.4, 0.5) is 4.39 Å². The maximum absolute atomic E-state index is 13.4. The zero-order valence-corrected chi connectivity index (χ0v) is 10.7. The third-order valence-corrected chi connectivity index (χ3v) is 3.13. The normalized spacial score (nSPS) is 13.2. The summed E-state index contributed by atoms with van der Waals surface area (Å²) in [4.78, 5) is 0. The lowest BCUT2D eigenvalue weighted by Gasteiger charge is -2.09. The van der Waals surface area contributed by atoms with Crippen molar-refractivity contribution in [2.24, 2.45) is 0 Å². The SMILES string of the molecule is CCNC(C)c1oc2c(C)cc(F)cc2c1C. The van der Waals surface area contributed by atoms with Crippen LogP contribution in [-0.4, -0.2) is 6.54 Å². The van der Waals surface area contributed by atoms with Crippen molar-refractivity contribution in [3.8, 4) is 0 Å². The van der Waals surface area contributed by atoms with Crippen LogP contribution in [0.25, 0.3) is 11.0 Å². The monoisotopic (exact) mass is 235 g/mol. The van der Waals surface area contributed by atoms with E-state index in [1.54, 1.807) is 6.07 Å². The van der Waals surface area contributed by atoms with Gasteiger partial charge in [0.1, 0.15) is 17.2 Å². The molecule has 0 aliphatic heterocycles. The van der Waals surface area contributed by atoms with Crippen LogP contribution >= 0.6 is 0 Å². The maximum Gasteiger partial charge on any atom is 0.137 e. The van der Waals surface area contributed by atoms with Crippen LogP contribution in [0.15, 0.2) is 16.5 Å². The predicted octanol–water partition coefficient (Wildman–Crippen LogP) is 3.86. The standard InChI is InChI=1S/C14H18FNO/c1-5-16-10(4)14-9(3)12-7-11(15)6-8(2)13(12)17-14/h6-7,10,16H,5H2,1-4H3. The molecule has 0 saturated heterocycles. The lowest BCUT2D eigenvalue weighted by atomic mass is 10.1. The Morgan fingerprint density at radius 3 is 2.71 bits per heavy atom. The molecule has 2 nitrogen and oxygen atoms in total. The van der Waals surface area contributed by atoms with Crippen molar-refractivity contribution < 1.29 is 8.81 Å². The second-order valence-corrected chi connectivity index (χ2v) is 4.47. The van der Waals surface area contributed by atoms with Gasteiger partial charge >= 0.3 is 0 Å². The Balaban J connectivity index is 2.60. The quantitative estimate of drug-likeness (QED) is 0.873. The minimum Gasteiger partial charge on any atom is -0.459 e. The summed E-state index contributed by atoms with van der Waals surface area (Å²) in [6, 6.07) is 3.20. The van der Waals surface area contributed by atoms with E-state index >= 15 is 0 Å². The van der Waals surface area contributed by atoms with Gasteiger partial charge in [-0.25, -0.2) is 4.39 Å². The first-order valence-corrected chi connectivity index (χ1v) is 5.97. The van der Waals surface area contributed by atoms with Crippen LogP contribution in [0.5, 0.6) is 0 Å². The minimum atomic E-state index is -0.207. The van der Waals surface area contributed by atoms with Gasteiger partial charge in [-0.1, -0.05) is 6.92 Å². The Labute approximate surface area is 101 Å². The number of furan rings is 1. The molecule has 0 fully saturated rings. The number of halogens is 1. The van der Waals surface area contributed by atoms with Crippen LogP contribution in [0.1, 0.15) is 36.8 Å². The van der Waals surface area contributed by atoms with Crippen LogP contribution < -0.4 is 5.32 Å². The molecule has 3 heteroatoms. The summed E-state index contributed by atoms with van der Waals surface area (Å²) in [6.07, 6.45) is 0. The van der Waals surface area contributed by atoms with Crippen molar-refractivity contribution >= 4 is 11.0 Å². The van der Waals surface area contributed by atoms with Crippen LogP contribution in [0.2, 0.25) is 0 Å². The number of nitrogens with one attached hydrogen (secondary N) is 1. The van der Waals surface area contributed by atoms with Gasteiger partial charge in [-0.05, 0) is 45.0 Å². The van der Waals surface area contributed by atoms with E-state index in [0.717, 1.165) is 34.4 Å². The van der Waals surface area contributed by atoms with E-state index in [-0.39, 0.29) is 11.9 Å².